The Bertz CT molecular complexity index is 1120. The Morgan fingerprint density at radius 2 is 1.64 bits per heavy atom. The summed E-state index contributed by atoms with van der Waals surface area (Å²) in [6.07, 6.45) is -2.62. The van der Waals surface area contributed by atoms with Crippen LogP contribution in [0.1, 0.15) is 22.3 Å². The molecule has 0 radical (unpaired) electrons. The van der Waals surface area contributed by atoms with E-state index in [1.165, 1.54) is 18.4 Å². The number of hydrogen-bond acceptors (Lipinski definition) is 4. The van der Waals surface area contributed by atoms with Crippen molar-refractivity contribution in [2.24, 2.45) is 0 Å². The number of hydrogen-bond donors (Lipinski definition) is 4. The van der Waals surface area contributed by atoms with Gasteiger partial charge in [-0.05, 0) is 36.4 Å². The first-order valence-electron chi connectivity index (χ1n) is 9.67. The molecular weight excluding hydrogens is 441 g/mol. The van der Waals surface area contributed by atoms with Gasteiger partial charge in [0.1, 0.15) is 6.26 Å². The van der Waals surface area contributed by atoms with Gasteiger partial charge >= 0.3 is 12.2 Å². The standard InChI is InChI=1S/C22H19F3N4O4/c23-22(24,25)17-12-16(27-20(31)14-9-11-33-13-14)6-7-18(17)29-19(30)8-10-26-21(32)28-15-4-2-1-3-5-15/h1-7,9,11-13H,8,10H2,(H,27,31)(H,29,30)(H2,26,28,32). The molecule has 0 fully saturated rings. The van der Waals surface area contributed by atoms with Gasteiger partial charge in [-0.15, -0.1) is 0 Å². The predicted octanol–water partition coefficient (Wildman–Crippen LogP) is 4.70. The zero-order valence-corrected chi connectivity index (χ0v) is 17.0. The van der Waals surface area contributed by atoms with Crippen molar-refractivity contribution in [3.05, 3.63) is 78.3 Å². The van der Waals surface area contributed by atoms with E-state index in [0.717, 1.165) is 18.4 Å². The summed E-state index contributed by atoms with van der Waals surface area (Å²) in [5, 5.41) is 9.53. The largest absolute Gasteiger partial charge is 0.472 e. The van der Waals surface area contributed by atoms with Gasteiger partial charge in [-0.3, -0.25) is 9.59 Å². The number of anilines is 3. The number of carbonyl (C=O) groups excluding carboxylic acids is 3. The van der Waals surface area contributed by atoms with Crippen molar-refractivity contribution in [1.29, 1.82) is 0 Å². The maximum atomic E-state index is 13.5. The summed E-state index contributed by atoms with van der Waals surface area (Å²) in [5.74, 6) is -1.37. The van der Waals surface area contributed by atoms with E-state index in [9.17, 15) is 27.6 Å². The maximum absolute atomic E-state index is 13.5. The van der Waals surface area contributed by atoms with Crippen LogP contribution in [0.5, 0.6) is 0 Å². The highest BCUT2D eigenvalue weighted by molar-refractivity contribution is 6.04. The molecule has 0 bridgehead atoms. The fourth-order valence-electron chi connectivity index (χ4n) is 2.76. The summed E-state index contributed by atoms with van der Waals surface area (Å²) in [7, 11) is 0. The Labute approximate surface area is 186 Å². The van der Waals surface area contributed by atoms with Gasteiger partial charge in [-0.25, -0.2) is 4.79 Å². The molecule has 3 rings (SSSR count). The number of halogens is 3. The molecule has 8 nitrogen and oxygen atoms in total. The van der Waals surface area contributed by atoms with E-state index >= 15 is 0 Å². The van der Waals surface area contributed by atoms with E-state index in [2.05, 4.69) is 21.3 Å². The number of alkyl halides is 3. The molecule has 4 amide bonds. The second-order valence-electron chi connectivity index (χ2n) is 6.77. The Morgan fingerprint density at radius 1 is 0.879 bits per heavy atom. The molecule has 172 valence electrons. The molecule has 0 aliphatic carbocycles. The second kappa shape index (κ2) is 10.4. The lowest BCUT2D eigenvalue weighted by atomic mass is 10.1. The van der Waals surface area contributed by atoms with E-state index in [1.54, 1.807) is 30.3 Å². The zero-order valence-electron chi connectivity index (χ0n) is 17.0. The van der Waals surface area contributed by atoms with Crippen LogP contribution in [0.4, 0.5) is 35.0 Å². The Kier molecular flexibility index (Phi) is 7.34. The predicted molar refractivity (Wildman–Crippen MR) is 115 cm³/mol. The van der Waals surface area contributed by atoms with Gasteiger partial charge in [0.05, 0.1) is 23.1 Å². The molecule has 3 aromatic rings. The average molecular weight is 460 g/mol. The number of carbonyl (C=O) groups is 3. The van der Waals surface area contributed by atoms with Crippen molar-refractivity contribution in [3.63, 3.8) is 0 Å². The highest BCUT2D eigenvalue weighted by atomic mass is 19.4. The van der Waals surface area contributed by atoms with Crippen LogP contribution in [0.15, 0.2) is 71.5 Å². The molecule has 33 heavy (non-hydrogen) atoms. The average Bonchev–Trinajstić information content (AvgIpc) is 3.30. The molecule has 0 unspecified atom stereocenters. The molecule has 11 heteroatoms. The topological polar surface area (TPSA) is 112 Å². The molecule has 0 aliphatic rings. The van der Waals surface area contributed by atoms with Crippen molar-refractivity contribution >= 4 is 34.9 Å². The number of furan rings is 1. The summed E-state index contributed by atoms with van der Waals surface area (Å²) in [4.78, 5) is 36.0. The van der Waals surface area contributed by atoms with Gasteiger partial charge in [0.25, 0.3) is 5.91 Å². The molecule has 0 saturated heterocycles. The number of nitrogens with one attached hydrogen (secondary N) is 4. The summed E-state index contributed by atoms with van der Waals surface area (Å²) in [5.41, 5.74) is -1.01. The van der Waals surface area contributed by atoms with E-state index in [0.29, 0.717) is 5.69 Å². The maximum Gasteiger partial charge on any atom is 0.418 e. The lowest BCUT2D eigenvalue weighted by Crippen LogP contribution is -2.31. The van der Waals surface area contributed by atoms with Crippen LogP contribution < -0.4 is 21.3 Å². The molecule has 1 aromatic heterocycles. The molecule has 0 saturated carbocycles. The monoisotopic (exact) mass is 460 g/mol. The smallest absolute Gasteiger partial charge is 0.418 e. The van der Waals surface area contributed by atoms with Crippen LogP contribution in [0.25, 0.3) is 0 Å². The van der Waals surface area contributed by atoms with Crippen molar-refractivity contribution < 1.29 is 32.0 Å². The zero-order chi connectivity index (χ0) is 23.8. The van der Waals surface area contributed by atoms with Crippen molar-refractivity contribution in [3.8, 4) is 0 Å². The molecule has 0 atom stereocenters. The molecular formula is C22H19F3N4O4. The van der Waals surface area contributed by atoms with Gasteiger partial charge in [-0.1, -0.05) is 18.2 Å². The number of benzene rings is 2. The lowest BCUT2D eigenvalue weighted by Gasteiger charge is -2.16. The minimum atomic E-state index is -4.78. The first-order valence-corrected chi connectivity index (χ1v) is 9.67. The molecule has 1 heterocycles. The highest BCUT2D eigenvalue weighted by Gasteiger charge is 2.34. The summed E-state index contributed by atoms with van der Waals surface area (Å²) >= 11 is 0. The van der Waals surface area contributed by atoms with E-state index in [4.69, 9.17) is 4.42 Å². The van der Waals surface area contributed by atoms with Crippen LogP contribution in [0, 0.1) is 0 Å². The highest BCUT2D eigenvalue weighted by Crippen LogP contribution is 2.36. The quantitative estimate of drug-likeness (QED) is 0.409. The third-order valence-corrected chi connectivity index (χ3v) is 4.31. The molecule has 0 spiro atoms. The fraction of sp³-hybridized carbons (Fsp3) is 0.136. The minimum absolute atomic E-state index is 0.0926. The normalized spacial score (nSPS) is 10.9. The molecule has 4 N–H and O–H groups in total. The molecule has 2 aromatic carbocycles. The number of amides is 4. The van der Waals surface area contributed by atoms with Crippen LogP contribution in [0.2, 0.25) is 0 Å². The number of para-hydroxylation sites is 1. The summed E-state index contributed by atoms with van der Waals surface area (Å²) in [6.45, 7) is -0.0926. The first kappa shape index (κ1) is 23.4. The Hall–Kier alpha value is -4.28. The van der Waals surface area contributed by atoms with Gasteiger partial charge in [0.2, 0.25) is 5.91 Å². The number of urea groups is 1. The van der Waals surface area contributed by atoms with Gasteiger partial charge in [-0.2, -0.15) is 13.2 Å². The summed E-state index contributed by atoms with van der Waals surface area (Å²) in [6, 6.07) is 12.4. The van der Waals surface area contributed by atoms with Gasteiger partial charge in [0, 0.05) is 24.3 Å². The minimum Gasteiger partial charge on any atom is -0.472 e. The van der Waals surface area contributed by atoms with E-state index < -0.39 is 35.3 Å². The lowest BCUT2D eigenvalue weighted by molar-refractivity contribution is -0.136. The Morgan fingerprint density at radius 3 is 2.30 bits per heavy atom. The van der Waals surface area contributed by atoms with Crippen LogP contribution in [-0.2, 0) is 11.0 Å². The first-order chi connectivity index (χ1) is 15.7. The third-order valence-electron chi connectivity index (χ3n) is 4.31. The third kappa shape index (κ3) is 6.86. The Balaban J connectivity index is 1.58. The summed E-state index contributed by atoms with van der Waals surface area (Å²) < 4.78 is 45.3. The SMILES string of the molecule is O=C(CCNC(=O)Nc1ccccc1)Nc1ccc(NC(=O)c2ccoc2)cc1C(F)(F)F. The number of rotatable bonds is 7. The van der Waals surface area contributed by atoms with Gasteiger partial charge in [0.15, 0.2) is 0 Å². The van der Waals surface area contributed by atoms with E-state index in [1.807, 2.05) is 0 Å². The van der Waals surface area contributed by atoms with Gasteiger partial charge < -0.3 is 25.7 Å². The molecule has 0 aliphatic heterocycles. The van der Waals surface area contributed by atoms with Crippen LogP contribution >= 0.6 is 0 Å². The van der Waals surface area contributed by atoms with Crippen LogP contribution in [-0.4, -0.2) is 24.4 Å². The van der Waals surface area contributed by atoms with Crippen molar-refractivity contribution in [1.82, 2.24) is 5.32 Å². The van der Waals surface area contributed by atoms with Crippen molar-refractivity contribution in [2.45, 2.75) is 12.6 Å². The van der Waals surface area contributed by atoms with Crippen molar-refractivity contribution in [2.75, 3.05) is 22.5 Å². The fourth-order valence-corrected chi connectivity index (χ4v) is 2.76. The van der Waals surface area contributed by atoms with Crippen LogP contribution in [0.3, 0.4) is 0 Å². The van der Waals surface area contributed by atoms with E-state index in [-0.39, 0.29) is 24.2 Å². The second-order valence-corrected chi connectivity index (χ2v) is 6.77.